The second-order valence-electron chi connectivity index (χ2n) is 5.39. The minimum absolute atomic E-state index is 0.556. The van der Waals surface area contributed by atoms with E-state index in [0.717, 1.165) is 24.0 Å². The molecule has 3 saturated heterocycles. The Balaban J connectivity index is 1.54. The number of hydrogen-bond acceptors (Lipinski definition) is 4. The molecule has 18 heavy (non-hydrogen) atoms. The van der Waals surface area contributed by atoms with Crippen molar-refractivity contribution < 1.29 is 4.84 Å². The Morgan fingerprint density at radius 2 is 2.17 bits per heavy atom. The first-order valence-electron chi connectivity index (χ1n) is 6.69. The van der Waals surface area contributed by atoms with Gasteiger partial charge in [-0.3, -0.25) is 0 Å². The minimum atomic E-state index is 0.556. The van der Waals surface area contributed by atoms with E-state index in [9.17, 15) is 0 Å². The van der Waals surface area contributed by atoms with E-state index >= 15 is 0 Å². The summed E-state index contributed by atoms with van der Waals surface area (Å²) in [5.41, 5.74) is 2.96. The van der Waals surface area contributed by atoms with E-state index in [1.54, 1.807) is 0 Å². The van der Waals surface area contributed by atoms with Gasteiger partial charge < -0.3 is 14.7 Å². The number of anilines is 1. The minimum Gasteiger partial charge on any atom is -0.391 e. The van der Waals surface area contributed by atoms with Gasteiger partial charge in [-0.25, -0.2) is 5.01 Å². The van der Waals surface area contributed by atoms with Crippen LogP contribution in [0.5, 0.6) is 0 Å². The summed E-state index contributed by atoms with van der Waals surface area (Å²) >= 11 is 0. The Hall–Kier alpha value is -1.46. The number of H-pyrrole nitrogens is 1. The van der Waals surface area contributed by atoms with E-state index in [4.69, 9.17) is 4.84 Å². The summed E-state index contributed by atoms with van der Waals surface area (Å²) < 4.78 is 0. The maximum Gasteiger partial charge on any atom is 0.149 e. The third kappa shape index (κ3) is 1.62. The zero-order valence-corrected chi connectivity index (χ0v) is 10.3. The fraction of sp³-hybridized carbons (Fsp3) is 0.538. The van der Waals surface area contributed by atoms with Crippen LogP contribution in [0.25, 0.3) is 0 Å². The van der Waals surface area contributed by atoms with Crippen LogP contribution < -0.4 is 10.6 Å². The van der Waals surface area contributed by atoms with Crippen LogP contribution in [0.15, 0.2) is 30.3 Å². The summed E-state index contributed by atoms with van der Waals surface area (Å²) in [6.45, 7) is 3.68. The first kappa shape index (κ1) is 10.5. The second kappa shape index (κ2) is 4.03. The van der Waals surface area contributed by atoms with Gasteiger partial charge in [0.15, 0.2) is 0 Å². The Labute approximate surface area is 106 Å². The predicted octanol–water partition coefficient (Wildman–Crippen LogP) is 1.45. The van der Waals surface area contributed by atoms with Crippen molar-refractivity contribution in [2.75, 3.05) is 24.6 Å². The van der Waals surface area contributed by atoms with Gasteiger partial charge >= 0.3 is 0 Å². The summed E-state index contributed by atoms with van der Waals surface area (Å²) in [7, 11) is 0. The molecule has 0 radical (unpaired) electrons. The van der Waals surface area contributed by atoms with Crippen molar-refractivity contribution in [3.63, 3.8) is 0 Å². The molecule has 4 aliphatic heterocycles. The van der Waals surface area contributed by atoms with Crippen LogP contribution in [0.3, 0.4) is 0 Å². The number of fused-ring (bicyclic) bond motifs is 3. The van der Waals surface area contributed by atoms with Crippen molar-refractivity contribution in [3.05, 3.63) is 30.3 Å². The summed E-state index contributed by atoms with van der Waals surface area (Å²) in [6.07, 6.45) is 6.62. The number of hydrazine groups is 1. The maximum atomic E-state index is 5.67. The average molecular weight is 246 g/mol. The fourth-order valence-electron chi connectivity index (χ4n) is 3.33. The molecule has 2 bridgehead atoms. The number of aromatic amines is 1. The molecule has 1 aromatic heterocycles. The van der Waals surface area contributed by atoms with Gasteiger partial charge in [-0.15, -0.1) is 0 Å². The number of aromatic nitrogens is 1. The first-order chi connectivity index (χ1) is 8.90. The standard InChI is InChI=1S/C13H18N4O/c1-2-13(14-5-1)17-9-12(18-15-17)11-8-16-6-3-10(11)4-7-16/h1-2,5,9-11,14-15H,3-4,6-8H2. The van der Waals surface area contributed by atoms with Crippen LogP contribution in [0.2, 0.25) is 0 Å². The SMILES string of the molecule is C1=C(C2CN3CCC2CC3)ONN1c1ccc[nH]1. The molecule has 2 N–H and O–H groups in total. The van der Waals surface area contributed by atoms with Gasteiger partial charge in [0.25, 0.3) is 0 Å². The number of hydrogen-bond donors (Lipinski definition) is 2. The van der Waals surface area contributed by atoms with E-state index in [-0.39, 0.29) is 0 Å². The number of nitrogens with zero attached hydrogens (tertiary/aromatic N) is 2. The first-order valence-corrected chi connectivity index (χ1v) is 6.69. The zero-order chi connectivity index (χ0) is 11.9. The van der Waals surface area contributed by atoms with Gasteiger partial charge in [-0.05, 0) is 44.0 Å². The van der Waals surface area contributed by atoms with Crippen LogP contribution in [0, 0.1) is 11.8 Å². The molecule has 1 aromatic rings. The highest BCUT2D eigenvalue weighted by molar-refractivity contribution is 5.42. The molecule has 1 atom stereocenters. The van der Waals surface area contributed by atoms with Gasteiger partial charge in [0.2, 0.25) is 0 Å². The smallest absolute Gasteiger partial charge is 0.149 e. The third-order valence-corrected chi connectivity index (χ3v) is 4.38. The summed E-state index contributed by atoms with van der Waals surface area (Å²) in [4.78, 5) is 11.4. The fourth-order valence-corrected chi connectivity index (χ4v) is 3.33. The molecule has 1 unspecified atom stereocenters. The molecular weight excluding hydrogens is 228 g/mol. The quantitative estimate of drug-likeness (QED) is 0.829. The van der Waals surface area contributed by atoms with Crippen molar-refractivity contribution >= 4 is 5.82 Å². The van der Waals surface area contributed by atoms with Crippen LogP contribution in [0.4, 0.5) is 5.82 Å². The van der Waals surface area contributed by atoms with Crippen molar-refractivity contribution in [1.82, 2.24) is 15.5 Å². The van der Waals surface area contributed by atoms with Crippen molar-refractivity contribution in [1.29, 1.82) is 0 Å². The topological polar surface area (TPSA) is 43.5 Å². The van der Waals surface area contributed by atoms with E-state index in [0.29, 0.717) is 5.92 Å². The molecule has 96 valence electrons. The van der Waals surface area contributed by atoms with Gasteiger partial charge in [0.05, 0.1) is 6.20 Å². The second-order valence-corrected chi connectivity index (χ2v) is 5.39. The summed E-state index contributed by atoms with van der Waals surface area (Å²) in [5, 5.41) is 1.91. The summed E-state index contributed by atoms with van der Waals surface area (Å²) in [6, 6.07) is 4.00. The van der Waals surface area contributed by atoms with Crippen LogP contribution in [-0.2, 0) is 4.84 Å². The molecule has 0 saturated carbocycles. The zero-order valence-electron chi connectivity index (χ0n) is 10.3. The number of piperidine rings is 3. The van der Waals surface area contributed by atoms with E-state index in [1.165, 1.54) is 25.9 Å². The molecule has 0 aromatic carbocycles. The molecule has 5 heteroatoms. The highest BCUT2D eigenvalue weighted by atomic mass is 16.7. The monoisotopic (exact) mass is 246 g/mol. The molecule has 5 nitrogen and oxygen atoms in total. The largest absolute Gasteiger partial charge is 0.391 e. The Morgan fingerprint density at radius 3 is 2.83 bits per heavy atom. The van der Waals surface area contributed by atoms with Crippen LogP contribution in [-0.4, -0.2) is 29.5 Å². The number of nitrogens with one attached hydrogen (secondary N) is 2. The molecule has 5 heterocycles. The molecule has 0 amide bonds. The van der Waals surface area contributed by atoms with Crippen LogP contribution in [0.1, 0.15) is 12.8 Å². The molecule has 4 aliphatic rings. The van der Waals surface area contributed by atoms with E-state index in [2.05, 4.69) is 21.7 Å². The molecular formula is C13H18N4O. The maximum absolute atomic E-state index is 5.67. The van der Waals surface area contributed by atoms with E-state index < -0.39 is 0 Å². The highest BCUT2D eigenvalue weighted by Gasteiger charge is 2.39. The Kier molecular flexibility index (Phi) is 2.34. The van der Waals surface area contributed by atoms with Gasteiger partial charge in [-0.2, -0.15) is 0 Å². The highest BCUT2D eigenvalue weighted by Crippen LogP contribution is 2.38. The molecule has 0 aliphatic carbocycles. The van der Waals surface area contributed by atoms with Crippen molar-refractivity contribution in [3.8, 4) is 0 Å². The average Bonchev–Trinajstić information content (AvgIpc) is 3.11. The normalized spacial score (nSPS) is 34.6. The van der Waals surface area contributed by atoms with Gasteiger partial charge in [-0.1, -0.05) is 5.59 Å². The molecule has 0 spiro atoms. The third-order valence-electron chi connectivity index (χ3n) is 4.38. The van der Waals surface area contributed by atoms with Crippen molar-refractivity contribution in [2.24, 2.45) is 11.8 Å². The predicted molar refractivity (Wildman–Crippen MR) is 68.2 cm³/mol. The lowest BCUT2D eigenvalue weighted by Crippen LogP contribution is -2.48. The molecule has 3 fully saturated rings. The van der Waals surface area contributed by atoms with Crippen LogP contribution >= 0.6 is 0 Å². The van der Waals surface area contributed by atoms with Crippen molar-refractivity contribution in [2.45, 2.75) is 12.8 Å². The molecule has 5 rings (SSSR count). The lowest BCUT2D eigenvalue weighted by Gasteiger charge is -2.44. The number of rotatable bonds is 2. The van der Waals surface area contributed by atoms with E-state index in [1.807, 2.05) is 23.3 Å². The van der Waals surface area contributed by atoms with Gasteiger partial charge in [0.1, 0.15) is 11.6 Å². The Morgan fingerprint density at radius 1 is 1.28 bits per heavy atom. The van der Waals surface area contributed by atoms with Gasteiger partial charge in [0, 0.05) is 18.7 Å². The lowest BCUT2D eigenvalue weighted by molar-refractivity contribution is 0.0181. The lowest BCUT2D eigenvalue weighted by atomic mass is 9.78. The Bertz CT molecular complexity index is 448. The summed E-state index contributed by atoms with van der Waals surface area (Å²) in [5.74, 6) is 3.44.